The molecule has 1 atom stereocenters. The van der Waals surface area contributed by atoms with E-state index in [1.54, 1.807) is 12.1 Å². The maximum Gasteiger partial charge on any atom is 0.253 e. The summed E-state index contributed by atoms with van der Waals surface area (Å²) in [7, 11) is 0. The monoisotopic (exact) mass is 611 g/mol. The Morgan fingerprint density at radius 2 is 1.78 bits per heavy atom. The Kier molecular flexibility index (Phi) is 9.86. The van der Waals surface area contributed by atoms with Gasteiger partial charge in [0.05, 0.1) is 22.4 Å². The zero-order valence-corrected chi connectivity index (χ0v) is 24.6. The molecule has 0 radical (unpaired) electrons. The lowest BCUT2D eigenvalue weighted by Gasteiger charge is -2.23. The minimum Gasteiger partial charge on any atom is -0.342 e. The highest BCUT2D eigenvalue weighted by Gasteiger charge is 2.27. The van der Waals surface area contributed by atoms with Crippen LogP contribution in [0, 0.1) is 19.8 Å². The van der Waals surface area contributed by atoms with Crippen LogP contribution in [0.2, 0.25) is 10.0 Å². The summed E-state index contributed by atoms with van der Waals surface area (Å²) in [6.07, 6.45) is 0. The SMILES string of the molecule is CCn1c(SCC(=O)Nc2c(C)cc(Br)cc2C)nnc1[C@@H](NC(=O)c1ccc(Cl)cc1Cl)C(C)C. The van der Waals surface area contributed by atoms with Gasteiger partial charge in [-0.3, -0.25) is 9.59 Å². The van der Waals surface area contributed by atoms with Crippen molar-refractivity contribution in [3.63, 3.8) is 0 Å². The maximum atomic E-state index is 13.0. The van der Waals surface area contributed by atoms with E-state index in [1.165, 1.54) is 17.8 Å². The van der Waals surface area contributed by atoms with E-state index < -0.39 is 6.04 Å². The Hall–Kier alpha value is -2.07. The lowest BCUT2D eigenvalue weighted by Crippen LogP contribution is -2.34. The molecule has 1 heterocycles. The molecule has 0 unspecified atom stereocenters. The maximum absolute atomic E-state index is 13.0. The molecule has 3 rings (SSSR count). The van der Waals surface area contributed by atoms with Crippen LogP contribution in [0.5, 0.6) is 0 Å². The van der Waals surface area contributed by atoms with Gasteiger partial charge in [0.2, 0.25) is 5.91 Å². The fourth-order valence-corrected chi connectivity index (χ4v) is 5.76. The quantitative estimate of drug-likeness (QED) is 0.258. The van der Waals surface area contributed by atoms with Gasteiger partial charge >= 0.3 is 0 Å². The third-order valence-corrected chi connectivity index (χ3v) is 7.54. The normalized spacial score (nSPS) is 12.0. The Morgan fingerprint density at radius 1 is 1.11 bits per heavy atom. The van der Waals surface area contributed by atoms with Gasteiger partial charge in [0.1, 0.15) is 0 Å². The molecule has 2 N–H and O–H groups in total. The van der Waals surface area contributed by atoms with E-state index in [1.807, 2.05) is 51.3 Å². The Morgan fingerprint density at radius 3 is 2.36 bits per heavy atom. The van der Waals surface area contributed by atoms with Crippen LogP contribution >= 0.6 is 50.9 Å². The van der Waals surface area contributed by atoms with Crippen LogP contribution in [-0.2, 0) is 11.3 Å². The summed E-state index contributed by atoms with van der Waals surface area (Å²) in [5.74, 6) is 0.362. The molecule has 11 heteroatoms. The van der Waals surface area contributed by atoms with Gasteiger partial charge in [-0.1, -0.05) is 64.7 Å². The number of nitrogens with zero attached hydrogens (tertiary/aromatic N) is 3. The fraction of sp³-hybridized carbons (Fsp3) is 0.360. The predicted molar refractivity (Wildman–Crippen MR) is 150 cm³/mol. The minimum atomic E-state index is -0.409. The molecule has 0 aliphatic heterocycles. The van der Waals surface area contributed by atoms with Gasteiger partial charge in [-0.25, -0.2) is 0 Å². The number of aromatic nitrogens is 3. The molecule has 2 aromatic carbocycles. The standard InChI is InChI=1S/C25H28BrCl2N5O2S/c1-6-33-23(21(13(2)3)30-24(35)18-8-7-17(27)11-19(18)28)31-32-25(33)36-12-20(34)29-22-14(4)9-16(26)10-15(22)5/h7-11,13,21H,6,12H2,1-5H3,(H,29,34)(H,30,35)/t21-/m0/s1. The van der Waals surface area contributed by atoms with Gasteiger partial charge in [0, 0.05) is 21.7 Å². The highest BCUT2D eigenvalue weighted by atomic mass is 79.9. The summed E-state index contributed by atoms with van der Waals surface area (Å²) >= 11 is 17.0. The first kappa shape index (κ1) is 28.5. The summed E-state index contributed by atoms with van der Waals surface area (Å²) < 4.78 is 2.89. The predicted octanol–water partition coefficient (Wildman–Crippen LogP) is 6.84. The molecule has 192 valence electrons. The third kappa shape index (κ3) is 6.82. The highest BCUT2D eigenvalue weighted by Crippen LogP contribution is 2.28. The van der Waals surface area contributed by atoms with E-state index in [-0.39, 0.29) is 28.5 Å². The van der Waals surface area contributed by atoms with Gasteiger partial charge in [-0.15, -0.1) is 10.2 Å². The lowest BCUT2D eigenvalue weighted by molar-refractivity contribution is -0.113. The van der Waals surface area contributed by atoms with Gasteiger partial charge < -0.3 is 15.2 Å². The van der Waals surface area contributed by atoms with Crippen LogP contribution < -0.4 is 10.6 Å². The first-order chi connectivity index (χ1) is 17.0. The number of benzene rings is 2. The molecule has 2 amide bonds. The first-order valence-corrected chi connectivity index (χ1v) is 13.9. The molecular weight excluding hydrogens is 585 g/mol. The Labute approximate surface area is 233 Å². The minimum absolute atomic E-state index is 0.0269. The summed E-state index contributed by atoms with van der Waals surface area (Å²) in [5.41, 5.74) is 3.11. The molecule has 0 bridgehead atoms. The summed E-state index contributed by atoms with van der Waals surface area (Å²) in [5, 5.41) is 16.1. The number of halogens is 3. The van der Waals surface area contributed by atoms with E-state index in [9.17, 15) is 9.59 Å². The molecular formula is C25H28BrCl2N5O2S. The Balaban J connectivity index is 1.75. The van der Waals surface area contributed by atoms with Crippen LogP contribution in [0.1, 0.15) is 54.1 Å². The smallest absolute Gasteiger partial charge is 0.253 e. The van der Waals surface area contributed by atoms with Gasteiger partial charge in [0.25, 0.3) is 5.91 Å². The van der Waals surface area contributed by atoms with E-state index >= 15 is 0 Å². The Bertz CT molecular complexity index is 1260. The van der Waals surface area contributed by atoms with Crippen molar-refractivity contribution in [3.05, 3.63) is 67.4 Å². The van der Waals surface area contributed by atoms with E-state index in [0.717, 1.165) is 21.3 Å². The number of nitrogens with one attached hydrogen (secondary N) is 2. The number of anilines is 1. The topological polar surface area (TPSA) is 88.9 Å². The van der Waals surface area contributed by atoms with Gasteiger partial charge in [-0.2, -0.15) is 0 Å². The van der Waals surface area contributed by atoms with Crippen molar-refractivity contribution in [2.75, 3.05) is 11.1 Å². The van der Waals surface area contributed by atoms with Crippen LogP contribution in [0.4, 0.5) is 5.69 Å². The van der Waals surface area contributed by atoms with Crippen molar-refractivity contribution in [2.24, 2.45) is 5.92 Å². The van der Waals surface area contributed by atoms with E-state index in [4.69, 9.17) is 23.2 Å². The third-order valence-electron chi connectivity index (χ3n) is 5.56. The molecule has 0 aliphatic rings. The van der Waals surface area contributed by atoms with Gasteiger partial charge in [0.15, 0.2) is 11.0 Å². The number of aryl methyl sites for hydroxylation is 2. The second-order valence-corrected chi connectivity index (χ2v) is 11.4. The zero-order chi connectivity index (χ0) is 26.6. The van der Waals surface area contributed by atoms with Crippen LogP contribution in [-0.4, -0.2) is 32.3 Å². The van der Waals surface area contributed by atoms with Crippen molar-refractivity contribution >= 4 is 68.4 Å². The van der Waals surface area contributed by atoms with Crippen molar-refractivity contribution in [2.45, 2.75) is 52.4 Å². The van der Waals surface area contributed by atoms with Crippen LogP contribution in [0.3, 0.4) is 0 Å². The lowest BCUT2D eigenvalue weighted by atomic mass is 10.0. The molecule has 0 aliphatic carbocycles. The number of rotatable bonds is 9. The van der Waals surface area contributed by atoms with E-state index in [0.29, 0.717) is 28.1 Å². The second-order valence-electron chi connectivity index (χ2n) is 8.66. The van der Waals surface area contributed by atoms with Crippen molar-refractivity contribution in [1.29, 1.82) is 0 Å². The molecule has 36 heavy (non-hydrogen) atoms. The molecule has 0 fully saturated rings. The van der Waals surface area contributed by atoms with Crippen molar-refractivity contribution < 1.29 is 9.59 Å². The molecule has 0 saturated carbocycles. The molecule has 3 aromatic rings. The number of carbonyl (C=O) groups excluding carboxylic acids is 2. The number of hydrogen-bond donors (Lipinski definition) is 2. The second kappa shape index (κ2) is 12.4. The summed E-state index contributed by atoms with van der Waals surface area (Å²) in [4.78, 5) is 25.7. The van der Waals surface area contributed by atoms with Crippen LogP contribution in [0.15, 0.2) is 40.0 Å². The average molecular weight is 613 g/mol. The number of amides is 2. The molecule has 1 aromatic heterocycles. The largest absolute Gasteiger partial charge is 0.342 e. The van der Waals surface area contributed by atoms with Crippen molar-refractivity contribution in [3.8, 4) is 0 Å². The van der Waals surface area contributed by atoms with Crippen molar-refractivity contribution in [1.82, 2.24) is 20.1 Å². The summed E-state index contributed by atoms with van der Waals surface area (Å²) in [6.45, 7) is 10.5. The summed E-state index contributed by atoms with van der Waals surface area (Å²) in [6, 6.07) is 8.27. The first-order valence-electron chi connectivity index (χ1n) is 11.4. The highest BCUT2D eigenvalue weighted by molar-refractivity contribution is 9.10. The number of hydrogen-bond acceptors (Lipinski definition) is 5. The molecule has 0 spiro atoms. The average Bonchev–Trinajstić information content (AvgIpc) is 3.20. The number of thioether (sulfide) groups is 1. The fourth-order valence-electron chi connectivity index (χ4n) is 3.77. The number of carbonyl (C=O) groups is 2. The molecule has 7 nitrogen and oxygen atoms in total. The molecule has 0 saturated heterocycles. The zero-order valence-electron chi connectivity index (χ0n) is 20.7. The van der Waals surface area contributed by atoms with Gasteiger partial charge in [-0.05, 0) is 68.1 Å². The van der Waals surface area contributed by atoms with Crippen LogP contribution in [0.25, 0.3) is 0 Å². The van der Waals surface area contributed by atoms with E-state index in [2.05, 4.69) is 36.8 Å².